The van der Waals surface area contributed by atoms with Gasteiger partial charge in [0.05, 0.1) is 5.60 Å². The molecule has 27 heavy (non-hydrogen) atoms. The van der Waals surface area contributed by atoms with E-state index in [0.29, 0.717) is 36.4 Å². The summed E-state index contributed by atoms with van der Waals surface area (Å²) in [7, 11) is 0. The molecule has 1 saturated carbocycles. The van der Waals surface area contributed by atoms with Gasteiger partial charge in [-0.2, -0.15) is 0 Å². The van der Waals surface area contributed by atoms with Crippen molar-refractivity contribution in [2.75, 3.05) is 18.4 Å². The molecule has 2 amide bonds. The zero-order valence-corrected chi connectivity index (χ0v) is 16.2. The lowest BCUT2D eigenvalue weighted by Gasteiger charge is -2.26. The zero-order valence-electron chi connectivity index (χ0n) is 15.5. The quantitative estimate of drug-likeness (QED) is 0.818. The molecule has 3 atom stereocenters. The van der Waals surface area contributed by atoms with E-state index in [-0.39, 0.29) is 6.03 Å². The van der Waals surface area contributed by atoms with E-state index in [1.165, 1.54) is 5.56 Å². The van der Waals surface area contributed by atoms with Crippen LogP contribution in [0.5, 0.6) is 0 Å². The summed E-state index contributed by atoms with van der Waals surface area (Å²) in [6.07, 6.45) is 2.21. The van der Waals surface area contributed by atoms with Crippen LogP contribution in [-0.4, -0.2) is 34.7 Å². The van der Waals surface area contributed by atoms with E-state index in [4.69, 9.17) is 11.6 Å². The number of benzene rings is 2. The van der Waals surface area contributed by atoms with Gasteiger partial charge in [-0.05, 0) is 60.9 Å². The molecule has 2 fully saturated rings. The van der Waals surface area contributed by atoms with Crippen molar-refractivity contribution in [3.05, 3.63) is 64.7 Å². The second-order valence-electron chi connectivity index (χ2n) is 8.11. The predicted octanol–water partition coefficient (Wildman–Crippen LogP) is 4.50. The van der Waals surface area contributed by atoms with E-state index in [0.717, 1.165) is 24.1 Å². The summed E-state index contributed by atoms with van der Waals surface area (Å²) in [6.45, 7) is 3.34. The highest BCUT2D eigenvalue weighted by atomic mass is 35.5. The number of aliphatic hydroxyl groups is 1. The van der Waals surface area contributed by atoms with Crippen molar-refractivity contribution in [3.63, 3.8) is 0 Å². The Morgan fingerprint density at radius 2 is 1.85 bits per heavy atom. The third-order valence-electron chi connectivity index (χ3n) is 5.93. The maximum atomic E-state index is 12.6. The van der Waals surface area contributed by atoms with Gasteiger partial charge in [0.25, 0.3) is 0 Å². The van der Waals surface area contributed by atoms with Crippen LogP contribution in [-0.2, 0) is 6.42 Å². The Morgan fingerprint density at radius 3 is 2.48 bits per heavy atom. The van der Waals surface area contributed by atoms with Crippen LogP contribution in [0.25, 0.3) is 0 Å². The molecule has 4 rings (SSSR count). The molecule has 0 spiro atoms. The van der Waals surface area contributed by atoms with Crippen LogP contribution in [0.2, 0.25) is 5.02 Å². The molecule has 1 unspecified atom stereocenters. The third kappa shape index (κ3) is 3.97. The molecule has 1 saturated heterocycles. The number of hydrogen-bond acceptors (Lipinski definition) is 2. The molecule has 0 radical (unpaired) electrons. The molecule has 0 bridgehead atoms. The fraction of sp³-hybridized carbons (Fsp3) is 0.409. The van der Waals surface area contributed by atoms with Crippen molar-refractivity contribution >= 4 is 23.3 Å². The summed E-state index contributed by atoms with van der Waals surface area (Å²) in [4.78, 5) is 14.5. The number of fused-ring (bicyclic) bond motifs is 1. The Bertz CT molecular complexity index is 825. The number of amides is 2. The Hall–Kier alpha value is -2.04. The molecule has 2 aromatic rings. The van der Waals surface area contributed by atoms with Crippen molar-refractivity contribution in [3.8, 4) is 0 Å². The lowest BCUT2D eigenvalue weighted by molar-refractivity contribution is 0.0368. The summed E-state index contributed by atoms with van der Waals surface area (Å²) in [6, 6.07) is 15.6. The van der Waals surface area contributed by atoms with Gasteiger partial charge in [-0.3, -0.25) is 0 Å². The van der Waals surface area contributed by atoms with E-state index in [1.54, 1.807) is 6.07 Å². The van der Waals surface area contributed by atoms with Gasteiger partial charge in [-0.15, -0.1) is 0 Å². The lowest BCUT2D eigenvalue weighted by atomic mass is 9.91. The van der Waals surface area contributed by atoms with Gasteiger partial charge >= 0.3 is 6.03 Å². The number of hydrogen-bond donors (Lipinski definition) is 2. The van der Waals surface area contributed by atoms with Gasteiger partial charge in [-0.1, -0.05) is 41.9 Å². The van der Waals surface area contributed by atoms with Crippen LogP contribution in [0.3, 0.4) is 0 Å². The topological polar surface area (TPSA) is 52.6 Å². The number of nitrogens with zero attached hydrogens (tertiary/aromatic N) is 1. The number of aryl methyl sites for hydroxylation is 1. The maximum Gasteiger partial charge on any atom is 0.321 e. The van der Waals surface area contributed by atoms with Crippen molar-refractivity contribution in [1.82, 2.24) is 4.90 Å². The highest BCUT2D eigenvalue weighted by Gasteiger charge is 2.49. The molecule has 2 N–H and O–H groups in total. The van der Waals surface area contributed by atoms with Crippen LogP contribution in [0.15, 0.2) is 48.5 Å². The van der Waals surface area contributed by atoms with Gasteiger partial charge in [-0.25, -0.2) is 4.79 Å². The van der Waals surface area contributed by atoms with Crippen molar-refractivity contribution in [2.24, 2.45) is 11.8 Å². The van der Waals surface area contributed by atoms with Crippen molar-refractivity contribution in [1.29, 1.82) is 0 Å². The first kappa shape index (κ1) is 18.3. The Morgan fingerprint density at radius 1 is 1.19 bits per heavy atom. The number of carbonyl (C=O) groups is 1. The number of halogens is 1. The first-order chi connectivity index (χ1) is 12.9. The summed E-state index contributed by atoms with van der Waals surface area (Å²) >= 11 is 6.05. The first-order valence-electron chi connectivity index (χ1n) is 9.50. The number of urea groups is 1. The minimum Gasteiger partial charge on any atom is -0.390 e. The molecule has 2 aliphatic rings. The minimum atomic E-state index is -0.646. The summed E-state index contributed by atoms with van der Waals surface area (Å²) in [5.74, 6) is 0.743. The Kier molecular flexibility index (Phi) is 4.87. The number of rotatable bonds is 3. The zero-order chi connectivity index (χ0) is 19.0. The van der Waals surface area contributed by atoms with Gasteiger partial charge in [0, 0.05) is 30.2 Å². The number of nitrogens with one attached hydrogen (secondary N) is 1. The Labute approximate surface area is 165 Å². The van der Waals surface area contributed by atoms with Crippen LogP contribution in [0, 0.1) is 18.8 Å². The normalized spacial score (nSPS) is 26.9. The van der Waals surface area contributed by atoms with Gasteiger partial charge < -0.3 is 15.3 Å². The predicted molar refractivity (Wildman–Crippen MR) is 108 cm³/mol. The Balaban J connectivity index is 1.35. The van der Waals surface area contributed by atoms with Crippen molar-refractivity contribution < 1.29 is 9.90 Å². The molecular weight excluding hydrogens is 360 g/mol. The van der Waals surface area contributed by atoms with Crippen LogP contribution < -0.4 is 5.32 Å². The molecule has 0 aromatic heterocycles. The van der Waals surface area contributed by atoms with E-state index in [9.17, 15) is 9.90 Å². The van der Waals surface area contributed by atoms with E-state index < -0.39 is 5.60 Å². The average molecular weight is 385 g/mol. The van der Waals surface area contributed by atoms with E-state index >= 15 is 0 Å². The third-order valence-corrected chi connectivity index (χ3v) is 6.36. The fourth-order valence-electron chi connectivity index (χ4n) is 4.67. The SMILES string of the molecule is Cc1cc(NC(=O)N2C[C@@H]3CC(O)(Cc4ccccc4)C[C@@H]3C2)ccc1Cl. The van der Waals surface area contributed by atoms with Crippen LogP contribution in [0.1, 0.15) is 24.0 Å². The highest BCUT2D eigenvalue weighted by molar-refractivity contribution is 6.31. The van der Waals surface area contributed by atoms with Crippen LogP contribution >= 0.6 is 11.6 Å². The van der Waals surface area contributed by atoms with E-state index in [1.807, 2.05) is 42.2 Å². The molecule has 4 nitrogen and oxygen atoms in total. The smallest absolute Gasteiger partial charge is 0.321 e. The fourth-order valence-corrected chi connectivity index (χ4v) is 4.79. The minimum absolute atomic E-state index is 0.0716. The lowest BCUT2D eigenvalue weighted by Crippen LogP contribution is -2.36. The second kappa shape index (κ2) is 7.17. The monoisotopic (exact) mass is 384 g/mol. The number of anilines is 1. The maximum absolute atomic E-state index is 12.6. The molecule has 2 aromatic carbocycles. The van der Waals surface area contributed by atoms with Gasteiger partial charge in [0.15, 0.2) is 0 Å². The molecule has 1 aliphatic heterocycles. The molecule has 5 heteroatoms. The molecule has 1 heterocycles. The largest absolute Gasteiger partial charge is 0.390 e. The summed E-state index contributed by atoms with van der Waals surface area (Å²) in [5.41, 5.74) is 2.23. The van der Waals surface area contributed by atoms with Gasteiger partial charge in [0.1, 0.15) is 0 Å². The molecule has 1 aliphatic carbocycles. The van der Waals surface area contributed by atoms with E-state index in [2.05, 4.69) is 17.4 Å². The standard InChI is InChI=1S/C22H25ClN2O2/c1-15-9-19(7-8-20(15)23)24-21(26)25-13-17-11-22(27,12-18(17)14-25)10-16-5-3-2-4-6-16/h2-9,17-18,27H,10-14H2,1H3,(H,24,26)/t17-,18+,22?. The summed E-state index contributed by atoms with van der Waals surface area (Å²) < 4.78 is 0. The van der Waals surface area contributed by atoms with Crippen LogP contribution in [0.4, 0.5) is 10.5 Å². The second-order valence-corrected chi connectivity index (χ2v) is 8.52. The highest BCUT2D eigenvalue weighted by Crippen LogP contribution is 2.45. The molecular formula is C22H25ClN2O2. The first-order valence-corrected chi connectivity index (χ1v) is 9.88. The molecule has 142 valence electrons. The number of likely N-dealkylation sites (tertiary alicyclic amines) is 1. The summed E-state index contributed by atoms with van der Waals surface area (Å²) in [5, 5.41) is 14.7. The van der Waals surface area contributed by atoms with Crippen molar-refractivity contribution in [2.45, 2.75) is 31.8 Å². The van der Waals surface area contributed by atoms with Gasteiger partial charge in [0.2, 0.25) is 0 Å². The average Bonchev–Trinajstić information content (AvgIpc) is 3.14. The number of carbonyl (C=O) groups excluding carboxylic acids is 1.